The summed E-state index contributed by atoms with van der Waals surface area (Å²) < 4.78 is 5.17. The highest BCUT2D eigenvalue weighted by molar-refractivity contribution is 5.94. The summed E-state index contributed by atoms with van der Waals surface area (Å²) in [7, 11) is 0. The fourth-order valence-electron chi connectivity index (χ4n) is 1.88. The zero-order valence-corrected chi connectivity index (χ0v) is 11.6. The predicted molar refractivity (Wildman–Crippen MR) is 75.7 cm³/mol. The minimum Gasteiger partial charge on any atom is -0.481 e. The number of carbonyl (C=O) groups is 2. The summed E-state index contributed by atoms with van der Waals surface area (Å²) in [5, 5.41) is 11.4. The lowest BCUT2D eigenvalue weighted by molar-refractivity contribution is -0.137. The van der Waals surface area contributed by atoms with Crippen molar-refractivity contribution < 1.29 is 19.1 Å². The molecule has 2 rings (SSSR count). The number of aliphatic carboxylic acids is 1. The molecule has 110 valence electrons. The van der Waals surface area contributed by atoms with E-state index in [1.165, 1.54) is 6.39 Å². The monoisotopic (exact) mass is 288 g/mol. The quantitative estimate of drug-likeness (QED) is 0.850. The first-order valence-electron chi connectivity index (χ1n) is 6.55. The summed E-state index contributed by atoms with van der Waals surface area (Å²) >= 11 is 0. The normalized spacial score (nSPS) is 11.9. The van der Waals surface area contributed by atoms with Gasteiger partial charge < -0.3 is 14.8 Å². The smallest absolute Gasteiger partial charge is 0.303 e. The van der Waals surface area contributed by atoms with Crippen molar-refractivity contribution in [2.24, 2.45) is 5.92 Å². The molecule has 0 saturated heterocycles. The number of hydrogen-bond donors (Lipinski definition) is 2. The molecule has 1 atom stereocenters. The van der Waals surface area contributed by atoms with Gasteiger partial charge in [0.25, 0.3) is 5.91 Å². The molecule has 0 aliphatic rings. The minimum atomic E-state index is -0.867. The predicted octanol–water partition coefficient (Wildman–Crippen LogP) is 2.18. The molecule has 0 bridgehead atoms. The third-order valence-electron chi connectivity index (χ3n) is 3.00. The van der Waals surface area contributed by atoms with Gasteiger partial charge in [-0.15, -0.1) is 0 Å². The first kappa shape index (κ1) is 14.8. The van der Waals surface area contributed by atoms with Gasteiger partial charge in [-0.1, -0.05) is 19.1 Å². The molecule has 6 nitrogen and oxygen atoms in total. The Kier molecular flexibility index (Phi) is 4.71. The Hall–Kier alpha value is -2.63. The van der Waals surface area contributed by atoms with Crippen molar-refractivity contribution >= 4 is 11.9 Å². The van der Waals surface area contributed by atoms with E-state index in [2.05, 4.69) is 10.3 Å². The Morgan fingerprint density at radius 2 is 2.05 bits per heavy atom. The lowest BCUT2D eigenvalue weighted by atomic mass is 10.1. The number of hydrogen-bond acceptors (Lipinski definition) is 4. The van der Waals surface area contributed by atoms with Crippen LogP contribution in [0.5, 0.6) is 0 Å². The zero-order valence-electron chi connectivity index (χ0n) is 11.6. The summed E-state index contributed by atoms with van der Waals surface area (Å²) in [6.45, 7) is 2.11. The number of rotatable bonds is 6. The van der Waals surface area contributed by atoms with Gasteiger partial charge in [0, 0.05) is 24.1 Å². The van der Waals surface area contributed by atoms with E-state index in [1.54, 1.807) is 37.4 Å². The van der Waals surface area contributed by atoms with E-state index < -0.39 is 5.97 Å². The van der Waals surface area contributed by atoms with Crippen LogP contribution in [0.3, 0.4) is 0 Å². The lowest BCUT2D eigenvalue weighted by Gasteiger charge is -2.10. The first-order valence-corrected chi connectivity index (χ1v) is 6.55. The van der Waals surface area contributed by atoms with Gasteiger partial charge in [-0.3, -0.25) is 9.59 Å². The molecule has 21 heavy (non-hydrogen) atoms. The number of oxazole rings is 1. The van der Waals surface area contributed by atoms with E-state index in [0.29, 0.717) is 17.9 Å². The van der Waals surface area contributed by atoms with Crippen LogP contribution in [0.1, 0.15) is 23.7 Å². The van der Waals surface area contributed by atoms with Crippen LogP contribution in [0.25, 0.3) is 11.3 Å². The Bertz CT molecular complexity index is 605. The highest BCUT2D eigenvalue weighted by atomic mass is 16.4. The van der Waals surface area contributed by atoms with Crippen LogP contribution < -0.4 is 5.32 Å². The molecule has 0 saturated carbocycles. The van der Waals surface area contributed by atoms with Gasteiger partial charge in [0.2, 0.25) is 0 Å². The fraction of sp³-hybridized carbons (Fsp3) is 0.267. The van der Waals surface area contributed by atoms with Crippen LogP contribution in [0.4, 0.5) is 0 Å². The number of aromatic nitrogens is 1. The van der Waals surface area contributed by atoms with Crippen LogP contribution in [0.2, 0.25) is 0 Å². The van der Waals surface area contributed by atoms with Crippen LogP contribution in [-0.4, -0.2) is 28.5 Å². The summed E-state index contributed by atoms with van der Waals surface area (Å²) in [5.74, 6) is -0.568. The molecular formula is C15H16N2O4. The van der Waals surface area contributed by atoms with E-state index in [0.717, 1.165) is 5.56 Å². The maximum absolute atomic E-state index is 11.9. The highest BCUT2D eigenvalue weighted by Gasteiger charge is 2.11. The van der Waals surface area contributed by atoms with Gasteiger partial charge in [-0.2, -0.15) is 0 Å². The molecule has 1 amide bonds. The molecule has 0 fully saturated rings. The second-order valence-electron chi connectivity index (χ2n) is 4.86. The number of carbonyl (C=O) groups excluding carboxylic acids is 1. The maximum atomic E-state index is 11.9. The van der Waals surface area contributed by atoms with Crippen molar-refractivity contribution in [3.63, 3.8) is 0 Å². The van der Waals surface area contributed by atoms with E-state index in [4.69, 9.17) is 9.52 Å². The second kappa shape index (κ2) is 6.69. The molecule has 0 spiro atoms. The van der Waals surface area contributed by atoms with Crippen molar-refractivity contribution in [3.8, 4) is 11.3 Å². The van der Waals surface area contributed by atoms with Crippen molar-refractivity contribution in [1.29, 1.82) is 0 Å². The number of amides is 1. The highest BCUT2D eigenvalue weighted by Crippen LogP contribution is 2.18. The second-order valence-corrected chi connectivity index (χ2v) is 4.86. The van der Waals surface area contributed by atoms with Crippen molar-refractivity contribution in [2.45, 2.75) is 13.3 Å². The average molecular weight is 288 g/mol. The van der Waals surface area contributed by atoms with Crippen molar-refractivity contribution in [3.05, 3.63) is 42.4 Å². The maximum Gasteiger partial charge on any atom is 0.303 e. The Morgan fingerprint density at radius 1 is 1.33 bits per heavy atom. The van der Waals surface area contributed by atoms with Gasteiger partial charge in [0.1, 0.15) is 0 Å². The molecule has 6 heteroatoms. The van der Waals surface area contributed by atoms with Crippen molar-refractivity contribution in [2.75, 3.05) is 6.54 Å². The number of nitrogens with one attached hydrogen (secondary N) is 1. The topological polar surface area (TPSA) is 92.4 Å². The van der Waals surface area contributed by atoms with E-state index in [1.807, 2.05) is 0 Å². The van der Waals surface area contributed by atoms with Crippen LogP contribution in [0, 0.1) is 5.92 Å². The minimum absolute atomic E-state index is 0.0325. The molecule has 1 unspecified atom stereocenters. The molecule has 0 aliphatic carbocycles. The molecule has 0 radical (unpaired) electrons. The van der Waals surface area contributed by atoms with Crippen LogP contribution in [0.15, 0.2) is 41.3 Å². The summed E-state index contributed by atoms with van der Waals surface area (Å²) in [6, 6.07) is 6.93. The van der Waals surface area contributed by atoms with Gasteiger partial charge >= 0.3 is 5.97 Å². The summed E-state index contributed by atoms with van der Waals surface area (Å²) in [5.41, 5.74) is 1.35. The number of nitrogens with zero attached hydrogens (tertiary/aromatic N) is 1. The Morgan fingerprint density at radius 3 is 2.62 bits per heavy atom. The molecule has 1 heterocycles. The number of benzene rings is 1. The summed E-state index contributed by atoms with van der Waals surface area (Å²) in [4.78, 5) is 26.3. The number of carboxylic acid groups (broad SMARTS) is 1. The van der Waals surface area contributed by atoms with Crippen molar-refractivity contribution in [1.82, 2.24) is 10.3 Å². The molecule has 0 aliphatic heterocycles. The Labute approximate surface area is 121 Å². The van der Waals surface area contributed by atoms with E-state index in [9.17, 15) is 9.59 Å². The standard InChI is InChI=1S/C15H16N2O4/c1-10(6-14(18)19)7-17-15(20)12-4-2-11(3-5-12)13-8-16-9-21-13/h2-5,8-10H,6-7H2,1H3,(H,17,20)(H,18,19). The third kappa shape index (κ3) is 4.17. The zero-order chi connectivity index (χ0) is 15.2. The van der Waals surface area contributed by atoms with Gasteiger partial charge in [0.15, 0.2) is 12.2 Å². The molecule has 2 aromatic rings. The van der Waals surface area contributed by atoms with E-state index in [-0.39, 0.29) is 18.2 Å². The SMILES string of the molecule is CC(CNC(=O)c1ccc(-c2cnco2)cc1)CC(=O)O. The molecule has 2 N–H and O–H groups in total. The third-order valence-corrected chi connectivity index (χ3v) is 3.00. The lowest BCUT2D eigenvalue weighted by Crippen LogP contribution is -2.29. The molecule has 1 aromatic carbocycles. The van der Waals surface area contributed by atoms with Gasteiger partial charge in [-0.05, 0) is 18.1 Å². The molecular weight excluding hydrogens is 272 g/mol. The number of carboxylic acids is 1. The van der Waals surface area contributed by atoms with E-state index >= 15 is 0 Å². The van der Waals surface area contributed by atoms with Crippen LogP contribution in [-0.2, 0) is 4.79 Å². The Balaban J connectivity index is 1.92. The van der Waals surface area contributed by atoms with Gasteiger partial charge in [0.05, 0.1) is 6.20 Å². The van der Waals surface area contributed by atoms with Crippen LogP contribution >= 0.6 is 0 Å². The largest absolute Gasteiger partial charge is 0.481 e. The average Bonchev–Trinajstić information content (AvgIpc) is 2.98. The van der Waals surface area contributed by atoms with Gasteiger partial charge in [-0.25, -0.2) is 4.98 Å². The molecule has 1 aromatic heterocycles. The first-order chi connectivity index (χ1) is 10.1. The summed E-state index contributed by atoms with van der Waals surface area (Å²) in [6.07, 6.45) is 2.98. The fourth-order valence-corrected chi connectivity index (χ4v) is 1.88.